The normalized spacial score (nSPS) is 25.7. The highest BCUT2D eigenvalue weighted by Gasteiger charge is 2.26. The number of hydrogen-bond acceptors (Lipinski definition) is 3. The van der Waals surface area contributed by atoms with Gasteiger partial charge in [-0.3, -0.25) is 9.59 Å². The van der Waals surface area contributed by atoms with Crippen LogP contribution >= 0.6 is 0 Å². The molecule has 0 aliphatic carbocycles. The topological polar surface area (TPSA) is 70.2 Å². The van der Waals surface area contributed by atoms with Gasteiger partial charge in [0.1, 0.15) is 0 Å². The summed E-state index contributed by atoms with van der Waals surface area (Å²) in [6, 6.07) is 0.0773. The van der Waals surface area contributed by atoms with Gasteiger partial charge in [-0.05, 0) is 6.42 Å². The van der Waals surface area contributed by atoms with Crippen LogP contribution in [0.15, 0.2) is 0 Å². The number of rotatable bonds is 3. The molecule has 5 nitrogen and oxygen atoms in total. The van der Waals surface area contributed by atoms with Crippen molar-refractivity contribution in [2.75, 3.05) is 20.1 Å². The standard InChI is InChI=1S/C10H19N3O2/c1-3-9(14)13-8-4-7(5-12-6-8)10(15)11-2/h7-8,12H,3-6H2,1-2H3,(H,11,15)(H,13,14)/t7-,8-/m0/s1. The third kappa shape index (κ3) is 3.51. The maximum Gasteiger partial charge on any atom is 0.224 e. The maximum atomic E-state index is 11.4. The van der Waals surface area contributed by atoms with Crippen molar-refractivity contribution in [3.05, 3.63) is 0 Å². The summed E-state index contributed by atoms with van der Waals surface area (Å²) >= 11 is 0. The first-order chi connectivity index (χ1) is 7.17. The van der Waals surface area contributed by atoms with Gasteiger partial charge in [0.2, 0.25) is 11.8 Å². The van der Waals surface area contributed by atoms with E-state index < -0.39 is 0 Å². The molecule has 1 heterocycles. The Labute approximate surface area is 90.0 Å². The lowest BCUT2D eigenvalue weighted by molar-refractivity contribution is -0.126. The summed E-state index contributed by atoms with van der Waals surface area (Å²) in [7, 11) is 1.64. The van der Waals surface area contributed by atoms with Crippen molar-refractivity contribution in [2.45, 2.75) is 25.8 Å². The van der Waals surface area contributed by atoms with Crippen LogP contribution in [0.25, 0.3) is 0 Å². The fourth-order valence-electron chi connectivity index (χ4n) is 1.79. The molecule has 1 aliphatic rings. The zero-order chi connectivity index (χ0) is 11.3. The van der Waals surface area contributed by atoms with E-state index in [4.69, 9.17) is 0 Å². The Kier molecular flexibility index (Phi) is 4.55. The molecular formula is C10H19N3O2. The Hall–Kier alpha value is -1.10. The van der Waals surface area contributed by atoms with Gasteiger partial charge in [0.05, 0.1) is 5.92 Å². The lowest BCUT2D eigenvalue weighted by Crippen LogP contribution is -2.51. The van der Waals surface area contributed by atoms with E-state index in [-0.39, 0.29) is 23.8 Å². The molecule has 3 N–H and O–H groups in total. The molecule has 1 fully saturated rings. The SMILES string of the molecule is CCC(=O)N[C@@H]1CNC[C@@H](C(=O)NC)C1. The van der Waals surface area contributed by atoms with E-state index >= 15 is 0 Å². The molecule has 0 saturated carbocycles. The lowest BCUT2D eigenvalue weighted by Gasteiger charge is -2.29. The summed E-state index contributed by atoms with van der Waals surface area (Å²) in [5.74, 6) is 0.0446. The summed E-state index contributed by atoms with van der Waals surface area (Å²) in [6.45, 7) is 3.26. The Morgan fingerprint density at radius 3 is 2.73 bits per heavy atom. The van der Waals surface area contributed by atoms with Crippen LogP contribution in [-0.2, 0) is 9.59 Å². The first-order valence-electron chi connectivity index (χ1n) is 5.39. The third-order valence-electron chi connectivity index (χ3n) is 2.65. The van der Waals surface area contributed by atoms with E-state index in [0.29, 0.717) is 13.0 Å². The van der Waals surface area contributed by atoms with Crippen LogP contribution in [0.3, 0.4) is 0 Å². The van der Waals surface area contributed by atoms with E-state index in [1.165, 1.54) is 0 Å². The van der Waals surface area contributed by atoms with Crippen molar-refractivity contribution in [1.29, 1.82) is 0 Å². The van der Waals surface area contributed by atoms with Crippen molar-refractivity contribution in [3.63, 3.8) is 0 Å². The van der Waals surface area contributed by atoms with Crippen LogP contribution in [0.5, 0.6) is 0 Å². The zero-order valence-corrected chi connectivity index (χ0v) is 9.30. The smallest absolute Gasteiger partial charge is 0.224 e. The second kappa shape index (κ2) is 5.70. The van der Waals surface area contributed by atoms with Crippen molar-refractivity contribution < 1.29 is 9.59 Å². The molecule has 2 atom stereocenters. The van der Waals surface area contributed by atoms with Gasteiger partial charge in [0, 0.05) is 32.6 Å². The molecule has 0 aromatic rings. The van der Waals surface area contributed by atoms with Crippen LogP contribution in [0.4, 0.5) is 0 Å². The van der Waals surface area contributed by atoms with Gasteiger partial charge in [-0.2, -0.15) is 0 Å². The van der Waals surface area contributed by atoms with Crippen molar-refractivity contribution in [2.24, 2.45) is 5.92 Å². The number of amides is 2. The predicted octanol–water partition coefficient (Wildman–Crippen LogP) is -0.763. The molecule has 0 spiro atoms. The molecule has 5 heteroatoms. The number of carbonyl (C=O) groups is 2. The van der Waals surface area contributed by atoms with Crippen LogP contribution in [0.1, 0.15) is 19.8 Å². The minimum Gasteiger partial charge on any atom is -0.359 e. The highest BCUT2D eigenvalue weighted by molar-refractivity contribution is 5.79. The molecule has 0 radical (unpaired) electrons. The summed E-state index contributed by atoms with van der Waals surface area (Å²) in [5.41, 5.74) is 0. The Morgan fingerprint density at radius 1 is 1.40 bits per heavy atom. The minimum atomic E-state index is -0.0362. The van der Waals surface area contributed by atoms with E-state index in [0.717, 1.165) is 13.0 Å². The summed E-state index contributed by atoms with van der Waals surface area (Å²) in [6.07, 6.45) is 1.21. The molecule has 0 aromatic carbocycles. The molecule has 0 aromatic heterocycles. The zero-order valence-electron chi connectivity index (χ0n) is 9.30. The molecule has 1 saturated heterocycles. The molecule has 1 rings (SSSR count). The molecule has 1 aliphatic heterocycles. The van der Waals surface area contributed by atoms with Crippen LogP contribution in [0.2, 0.25) is 0 Å². The van der Waals surface area contributed by atoms with Gasteiger partial charge in [0.25, 0.3) is 0 Å². The lowest BCUT2D eigenvalue weighted by atomic mass is 9.95. The highest BCUT2D eigenvalue weighted by Crippen LogP contribution is 2.10. The van der Waals surface area contributed by atoms with Gasteiger partial charge in [-0.25, -0.2) is 0 Å². The maximum absolute atomic E-state index is 11.4. The highest BCUT2D eigenvalue weighted by atomic mass is 16.2. The second-order valence-corrected chi connectivity index (χ2v) is 3.82. The van der Waals surface area contributed by atoms with Crippen molar-refractivity contribution in [1.82, 2.24) is 16.0 Å². The van der Waals surface area contributed by atoms with Gasteiger partial charge in [0.15, 0.2) is 0 Å². The molecule has 86 valence electrons. The molecule has 2 amide bonds. The summed E-state index contributed by atoms with van der Waals surface area (Å²) in [4.78, 5) is 22.6. The number of carbonyl (C=O) groups excluding carboxylic acids is 2. The number of nitrogens with one attached hydrogen (secondary N) is 3. The fourth-order valence-corrected chi connectivity index (χ4v) is 1.79. The van der Waals surface area contributed by atoms with E-state index in [9.17, 15) is 9.59 Å². The number of hydrogen-bond donors (Lipinski definition) is 3. The molecule has 15 heavy (non-hydrogen) atoms. The van der Waals surface area contributed by atoms with Crippen LogP contribution in [-0.4, -0.2) is 38.0 Å². The fraction of sp³-hybridized carbons (Fsp3) is 0.800. The minimum absolute atomic E-state index is 0.0362. The van der Waals surface area contributed by atoms with E-state index in [1.807, 2.05) is 6.92 Å². The summed E-state index contributed by atoms with van der Waals surface area (Å²) in [5, 5.41) is 8.68. The van der Waals surface area contributed by atoms with E-state index in [1.54, 1.807) is 7.05 Å². The van der Waals surface area contributed by atoms with Crippen molar-refractivity contribution >= 4 is 11.8 Å². The van der Waals surface area contributed by atoms with Crippen LogP contribution in [0, 0.1) is 5.92 Å². The second-order valence-electron chi connectivity index (χ2n) is 3.82. The predicted molar refractivity (Wildman–Crippen MR) is 57.3 cm³/mol. The Bertz CT molecular complexity index is 243. The van der Waals surface area contributed by atoms with E-state index in [2.05, 4.69) is 16.0 Å². The first kappa shape index (κ1) is 12.0. The quantitative estimate of drug-likeness (QED) is 0.577. The largest absolute Gasteiger partial charge is 0.359 e. The average Bonchev–Trinajstić information content (AvgIpc) is 2.28. The average molecular weight is 213 g/mol. The van der Waals surface area contributed by atoms with Gasteiger partial charge < -0.3 is 16.0 Å². The van der Waals surface area contributed by atoms with Crippen LogP contribution < -0.4 is 16.0 Å². The molecule has 0 bridgehead atoms. The first-order valence-corrected chi connectivity index (χ1v) is 5.39. The monoisotopic (exact) mass is 213 g/mol. The Balaban J connectivity index is 2.42. The molecular weight excluding hydrogens is 194 g/mol. The number of piperidine rings is 1. The van der Waals surface area contributed by atoms with Gasteiger partial charge in [-0.1, -0.05) is 6.92 Å². The van der Waals surface area contributed by atoms with Gasteiger partial charge >= 0.3 is 0 Å². The third-order valence-corrected chi connectivity index (χ3v) is 2.65. The molecule has 0 unspecified atom stereocenters. The van der Waals surface area contributed by atoms with Crippen molar-refractivity contribution in [3.8, 4) is 0 Å². The Morgan fingerprint density at radius 2 is 2.13 bits per heavy atom. The van der Waals surface area contributed by atoms with Gasteiger partial charge in [-0.15, -0.1) is 0 Å². The summed E-state index contributed by atoms with van der Waals surface area (Å²) < 4.78 is 0.